The van der Waals surface area contributed by atoms with E-state index in [4.69, 9.17) is 0 Å². The Bertz CT molecular complexity index is 1130. The molecule has 2 aromatic carbocycles. The summed E-state index contributed by atoms with van der Waals surface area (Å²) in [5.74, 6) is 0. The van der Waals surface area contributed by atoms with Crippen LogP contribution in [0.25, 0.3) is 16.9 Å². The molecule has 0 aliphatic heterocycles. The van der Waals surface area contributed by atoms with Crippen LogP contribution in [-0.4, -0.2) is 17.8 Å². The lowest BCUT2D eigenvalue weighted by molar-refractivity contribution is 0.601. The number of nitrogens with one attached hydrogen (secondary N) is 1. The van der Waals surface area contributed by atoms with Gasteiger partial charge in [-0.1, -0.05) is 34.1 Å². The molecule has 4 aromatic rings. The van der Waals surface area contributed by atoms with Gasteiger partial charge in [-0.15, -0.1) is 0 Å². The van der Waals surface area contributed by atoms with Gasteiger partial charge < -0.3 is 4.40 Å². The number of halogens is 1. The van der Waals surface area contributed by atoms with E-state index in [1.54, 1.807) is 36.4 Å². The summed E-state index contributed by atoms with van der Waals surface area (Å²) in [5, 5.41) is 0. The van der Waals surface area contributed by atoms with Crippen LogP contribution in [0.1, 0.15) is 0 Å². The fraction of sp³-hybridized carbons (Fsp3) is 0. The predicted molar refractivity (Wildman–Crippen MR) is 106 cm³/mol. The number of hydrogen-bond donors (Lipinski definition) is 1. The van der Waals surface area contributed by atoms with Crippen molar-refractivity contribution in [2.24, 2.45) is 0 Å². The molecule has 0 fully saturated rings. The number of rotatable bonds is 4. The summed E-state index contributed by atoms with van der Waals surface area (Å²) in [6.07, 6.45) is 3.88. The van der Waals surface area contributed by atoms with Crippen LogP contribution in [0.2, 0.25) is 0 Å². The van der Waals surface area contributed by atoms with E-state index in [0.29, 0.717) is 5.69 Å². The van der Waals surface area contributed by atoms with Gasteiger partial charge in [0.05, 0.1) is 10.6 Å². The van der Waals surface area contributed by atoms with Crippen molar-refractivity contribution in [2.45, 2.75) is 4.90 Å². The highest BCUT2D eigenvalue weighted by Gasteiger charge is 2.14. The molecule has 5 nitrogen and oxygen atoms in total. The molecule has 2 aromatic heterocycles. The Morgan fingerprint density at radius 2 is 1.65 bits per heavy atom. The van der Waals surface area contributed by atoms with E-state index in [2.05, 4.69) is 25.6 Å². The van der Waals surface area contributed by atoms with Crippen molar-refractivity contribution in [1.29, 1.82) is 0 Å². The first-order valence-corrected chi connectivity index (χ1v) is 10.1. The fourth-order valence-corrected chi connectivity index (χ4v) is 3.93. The zero-order chi connectivity index (χ0) is 18.1. The van der Waals surface area contributed by atoms with E-state index in [0.717, 1.165) is 21.4 Å². The van der Waals surface area contributed by atoms with Crippen molar-refractivity contribution in [2.75, 3.05) is 4.72 Å². The van der Waals surface area contributed by atoms with Gasteiger partial charge in [0.15, 0.2) is 0 Å². The third kappa shape index (κ3) is 3.36. The van der Waals surface area contributed by atoms with Gasteiger partial charge in [0, 0.05) is 28.1 Å². The lowest BCUT2D eigenvalue weighted by atomic mass is 10.1. The Morgan fingerprint density at radius 1 is 0.923 bits per heavy atom. The van der Waals surface area contributed by atoms with Gasteiger partial charge in [0.25, 0.3) is 10.0 Å². The van der Waals surface area contributed by atoms with Gasteiger partial charge >= 0.3 is 0 Å². The van der Waals surface area contributed by atoms with Crippen LogP contribution in [0.3, 0.4) is 0 Å². The molecule has 4 rings (SSSR count). The lowest BCUT2D eigenvalue weighted by Crippen LogP contribution is -2.12. The Morgan fingerprint density at radius 3 is 2.35 bits per heavy atom. The van der Waals surface area contributed by atoms with E-state index >= 15 is 0 Å². The number of hydrogen-bond acceptors (Lipinski definition) is 3. The maximum atomic E-state index is 12.4. The summed E-state index contributed by atoms with van der Waals surface area (Å²) in [4.78, 5) is 4.78. The van der Waals surface area contributed by atoms with Gasteiger partial charge in [0.2, 0.25) is 0 Å². The fourth-order valence-electron chi connectivity index (χ4n) is 2.61. The Balaban J connectivity index is 1.58. The number of sulfonamides is 1. The van der Waals surface area contributed by atoms with Gasteiger partial charge in [-0.25, -0.2) is 13.4 Å². The van der Waals surface area contributed by atoms with Crippen molar-refractivity contribution in [1.82, 2.24) is 9.38 Å². The Kier molecular flexibility index (Phi) is 4.26. The van der Waals surface area contributed by atoms with Crippen LogP contribution in [0.15, 0.2) is 88.5 Å². The number of nitrogens with zero attached hydrogens (tertiary/aromatic N) is 2. The molecular formula is C19H14BrN3O2S. The molecule has 7 heteroatoms. The largest absolute Gasteiger partial charge is 0.306 e. The zero-order valence-electron chi connectivity index (χ0n) is 13.5. The van der Waals surface area contributed by atoms with E-state index in [1.807, 2.05) is 47.1 Å². The summed E-state index contributed by atoms with van der Waals surface area (Å²) in [7, 11) is -3.62. The summed E-state index contributed by atoms with van der Waals surface area (Å²) >= 11 is 3.30. The van der Waals surface area contributed by atoms with Gasteiger partial charge in [-0.2, -0.15) is 0 Å². The van der Waals surface area contributed by atoms with Gasteiger partial charge in [-0.3, -0.25) is 4.72 Å². The molecule has 0 aliphatic rings. The molecule has 0 unspecified atom stereocenters. The third-order valence-corrected chi connectivity index (χ3v) is 5.85. The minimum absolute atomic E-state index is 0.213. The molecule has 0 radical (unpaired) electrons. The number of anilines is 1. The van der Waals surface area contributed by atoms with Crippen LogP contribution in [0.4, 0.5) is 5.69 Å². The normalized spacial score (nSPS) is 11.6. The maximum absolute atomic E-state index is 12.4. The number of pyridine rings is 1. The number of fused-ring (bicyclic) bond motifs is 1. The van der Waals surface area contributed by atoms with E-state index in [1.165, 1.54) is 0 Å². The molecule has 0 bridgehead atoms. The highest BCUT2D eigenvalue weighted by molar-refractivity contribution is 9.10. The third-order valence-electron chi connectivity index (χ3n) is 3.92. The second-order valence-electron chi connectivity index (χ2n) is 5.73. The second kappa shape index (κ2) is 6.59. The smallest absolute Gasteiger partial charge is 0.261 e. The van der Waals surface area contributed by atoms with Crippen LogP contribution in [-0.2, 0) is 10.0 Å². The molecule has 2 heterocycles. The van der Waals surface area contributed by atoms with Crippen molar-refractivity contribution >= 4 is 37.3 Å². The van der Waals surface area contributed by atoms with Gasteiger partial charge in [-0.05, 0) is 48.5 Å². The summed E-state index contributed by atoms with van der Waals surface area (Å²) in [5.41, 5.74) is 3.11. The first-order valence-electron chi connectivity index (χ1n) is 7.84. The van der Waals surface area contributed by atoms with Crippen LogP contribution >= 0.6 is 15.9 Å². The molecule has 130 valence electrons. The van der Waals surface area contributed by atoms with E-state index in [9.17, 15) is 8.42 Å². The minimum atomic E-state index is -3.62. The average molecular weight is 428 g/mol. The number of imidazole rings is 1. The highest BCUT2D eigenvalue weighted by Crippen LogP contribution is 2.23. The number of benzene rings is 2. The second-order valence-corrected chi connectivity index (χ2v) is 8.33. The molecule has 0 spiro atoms. The Labute approximate surface area is 159 Å². The Hall–Kier alpha value is -2.64. The average Bonchev–Trinajstić information content (AvgIpc) is 3.06. The van der Waals surface area contributed by atoms with Crippen LogP contribution in [0.5, 0.6) is 0 Å². The summed E-state index contributed by atoms with van der Waals surface area (Å²) < 4.78 is 30.2. The molecule has 0 saturated carbocycles. The predicted octanol–water partition coefficient (Wildman–Crippen LogP) is 4.56. The number of aromatic nitrogens is 2. The first kappa shape index (κ1) is 16.8. The summed E-state index contributed by atoms with van der Waals surface area (Å²) in [6.45, 7) is 0. The van der Waals surface area contributed by atoms with Gasteiger partial charge in [0.1, 0.15) is 5.65 Å². The summed E-state index contributed by atoms with van der Waals surface area (Å²) in [6, 6.07) is 19.5. The first-order chi connectivity index (χ1) is 12.5. The van der Waals surface area contributed by atoms with Crippen molar-refractivity contribution < 1.29 is 8.42 Å². The van der Waals surface area contributed by atoms with E-state index < -0.39 is 10.0 Å². The monoisotopic (exact) mass is 427 g/mol. The van der Waals surface area contributed by atoms with Crippen LogP contribution in [0, 0.1) is 0 Å². The quantitative estimate of drug-likeness (QED) is 0.518. The highest BCUT2D eigenvalue weighted by atomic mass is 79.9. The van der Waals surface area contributed by atoms with Crippen molar-refractivity contribution in [3.63, 3.8) is 0 Å². The molecular weight excluding hydrogens is 414 g/mol. The molecule has 0 amide bonds. The molecule has 26 heavy (non-hydrogen) atoms. The molecule has 1 N–H and O–H groups in total. The van der Waals surface area contributed by atoms with Crippen molar-refractivity contribution in [3.8, 4) is 11.3 Å². The van der Waals surface area contributed by atoms with E-state index in [-0.39, 0.29) is 4.90 Å². The lowest BCUT2D eigenvalue weighted by Gasteiger charge is -2.08. The molecule has 0 aliphatic carbocycles. The van der Waals surface area contributed by atoms with Crippen LogP contribution < -0.4 is 4.72 Å². The SMILES string of the molecule is O=S(=O)(Nc1ccc(-c2cn3ccccc3n2)cc1)c1ccc(Br)cc1. The molecule has 0 saturated heterocycles. The maximum Gasteiger partial charge on any atom is 0.261 e. The topological polar surface area (TPSA) is 63.5 Å². The van der Waals surface area contributed by atoms with Crippen molar-refractivity contribution in [3.05, 3.63) is 83.6 Å². The zero-order valence-corrected chi connectivity index (χ0v) is 15.9. The molecule has 0 atom stereocenters. The standard InChI is InChI=1S/C19H14BrN3O2S/c20-15-6-10-17(11-7-15)26(24,25)22-16-8-4-14(5-9-16)18-13-23-12-2-1-3-19(23)21-18/h1-13,22H. The minimum Gasteiger partial charge on any atom is -0.306 e.